The van der Waals surface area contributed by atoms with E-state index < -0.39 is 0 Å². The summed E-state index contributed by atoms with van der Waals surface area (Å²) in [7, 11) is 3.44. The number of carbonyl (C=O) groups excluding carboxylic acids is 1. The van der Waals surface area contributed by atoms with Crippen LogP contribution in [0.1, 0.15) is 27.7 Å². The number of carbonyl (C=O) groups is 1. The van der Waals surface area contributed by atoms with E-state index in [-0.39, 0.29) is 12.0 Å². The highest BCUT2D eigenvalue weighted by Gasteiger charge is 2.28. The van der Waals surface area contributed by atoms with E-state index in [0.717, 1.165) is 11.3 Å². The molecule has 1 saturated heterocycles. The van der Waals surface area contributed by atoms with Gasteiger partial charge >= 0.3 is 0 Å². The first-order valence-electron chi connectivity index (χ1n) is 8.20. The molecular formula is C18H22N4O3. The monoisotopic (exact) mass is 342 g/mol. The zero-order valence-electron chi connectivity index (χ0n) is 14.4. The van der Waals surface area contributed by atoms with Gasteiger partial charge in [-0.05, 0) is 17.7 Å². The zero-order valence-corrected chi connectivity index (χ0v) is 14.4. The molecule has 1 atom stereocenters. The minimum atomic E-state index is -0.290. The van der Waals surface area contributed by atoms with Crippen molar-refractivity contribution in [2.45, 2.75) is 12.7 Å². The normalized spacial score (nSPS) is 17.4. The Balaban J connectivity index is 1.73. The minimum absolute atomic E-state index is 0.00725. The minimum Gasteiger partial charge on any atom is -0.380 e. The Hall–Kier alpha value is -2.51. The summed E-state index contributed by atoms with van der Waals surface area (Å²) >= 11 is 0. The van der Waals surface area contributed by atoms with Gasteiger partial charge in [0, 0.05) is 38.7 Å². The molecule has 1 unspecified atom stereocenters. The van der Waals surface area contributed by atoms with Crippen molar-refractivity contribution in [3.05, 3.63) is 53.5 Å². The lowest BCUT2D eigenvalue weighted by Gasteiger charge is -2.33. The third kappa shape index (κ3) is 3.94. The Kier molecular flexibility index (Phi) is 5.57. The standard InChI is InChI=1S/C18H22N4O3/c1-19-17-16(20-7-8-21-17)15-11-22(9-10-25-15)18(23)14-5-3-13(4-6-14)12-24-2/h3-8,15H,9-12H2,1-2H3,(H,19,21). The highest BCUT2D eigenvalue weighted by molar-refractivity contribution is 5.94. The number of rotatable bonds is 5. The number of nitrogens with one attached hydrogen (secondary N) is 1. The third-order valence-corrected chi connectivity index (χ3v) is 4.13. The van der Waals surface area contributed by atoms with Crippen LogP contribution in [-0.2, 0) is 16.1 Å². The molecule has 2 aromatic rings. The summed E-state index contributed by atoms with van der Waals surface area (Å²) in [5.41, 5.74) is 2.42. The first-order chi connectivity index (χ1) is 12.2. The van der Waals surface area contributed by atoms with E-state index in [2.05, 4.69) is 15.3 Å². The Labute approximate surface area is 147 Å². The van der Waals surface area contributed by atoms with E-state index in [0.29, 0.717) is 37.7 Å². The van der Waals surface area contributed by atoms with E-state index in [1.807, 2.05) is 24.3 Å². The molecule has 0 bridgehead atoms. The van der Waals surface area contributed by atoms with Crippen molar-refractivity contribution in [3.8, 4) is 0 Å². The molecule has 0 aliphatic carbocycles. The lowest BCUT2D eigenvalue weighted by atomic mass is 10.1. The number of hydrogen-bond acceptors (Lipinski definition) is 6. The van der Waals surface area contributed by atoms with Crippen molar-refractivity contribution < 1.29 is 14.3 Å². The number of ether oxygens (including phenoxy) is 2. The average molecular weight is 342 g/mol. The van der Waals surface area contributed by atoms with Crippen LogP contribution in [0.25, 0.3) is 0 Å². The molecule has 25 heavy (non-hydrogen) atoms. The highest BCUT2D eigenvalue weighted by atomic mass is 16.5. The van der Waals surface area contributed by atoms with Crippen LogP contribution in [-0.4, -0.2) is 54.6 Å². The lowest BCUT2D eigenvalue weighted by Crippen LogP contribution is -2.42. The molecule has 1 amide bonds. The molecule has 1 aromatic heterocycles. The lowest BCUT2D eigenvalue weighted by molar-refractivity contribution is -0.0245. The van der Waals surface area contributed by atoms with Crippen molar-refractivity contribution >= 4 is 11.7 Å². The van der Waals surface area contributed by atoms with E-state index in [1.165, 1.54) is 0 Å². The summed E-state index contributed by atoms with van der Waals surface area (Å²) in [5.74, 6) is 0.665. The smallest absolute Gasteiger partial charge is 0.254 e. The molecular weight excluding hydrogens is 320 g/mol. The predicted molar refractivity (Wildman–Crippen MR) is 93.3 cm³/mol. The number of anilines is 1. The summed E-state index contributed by atoms with van der Waals surface area (Å²) in [6, 6.07) is 7.50. The molecule has 1 fully saturated rings. The molecule has 3 rings (SSSR count). The second-order valence-electron chi connectivity index (χ2n) is 5.78. The molecule has 1 N–H and O–H groups in total. The van der Waals surface area contributed by atoms with E-state index in [1.54, 1.807) is 31.5 Å². The number of methoxy groups -OCH3 is 1. The molecule has 2 heterocycles. The second kappa shape index (κ2) is 8.04. The van der Waals surface area contributed by atoms with Crippen LogP contribution in [0.2, 0.25) is 0 Å². The maximum atomic E-state index is 12.8. The predicted octanol–water partition coefficient (Wildman–Crippen LogP) is 1.88. The first-order valence-corrected chi connectivity index (χ1v) is 8.20. The van der Waals surface area contributed by atoms with Crippen LogP contribution in [0.4, 0.5) is 5.82 Å². The Morgan fingerprint density at radius 3 is 2.80 bits per heavy atom. The number of nitrogens with zero attached hydrogens (tertiary/aromatic N) is 3. The van der Waals surface area contributed by atoms with Crippen LogP contribution < -0.4 is 5.32 Å². The van der Waals surface area contributed by atoms with E-state index >= 15 is 0 Å². The zero-order chi connectivity index (χ0) is 17.6. The molecule has 0 saturated carbocycles. The molecule has 7 nitrogen and oxygen atoms in total. The molecule has 0 radical (unpaired) electrons. The van der Waals surface area contributed by atoms with Gasteiger partial charge in [-0.2, -0.15) is 0 Å². The van der Waals surface area contributed by atoms with Gasteiger partial charge in [-0.15, -0.1) is 0 Å². The van der Waals surface area contributed by atoms with Crippen molar-refractivity contribution in [3.63, 3.8) is 0 Å². The fourth-order valence-electron chi connectivity index (χ4n) is 2.87. The van der Waals surface area contributed by atoms with Crippen LogP contribution in [0.5, 0.6) is 0 Å². The summed E-state index contributed by atoms with van der Waals surface area (Å²) in [6.07, 6.45) is 2.97. The van der Waals surface area contributed by atoms with Crippen LogP contribution in [0.15, 0.2) is 36.7 Å². The first kappa shape index (κ1) is 17.3. The van der Waals surface area contributed by atoms with E-state index in [9.17, 15) is 4.79 Å². The third-order valence-electron chi connectivity index (χ3n) is 4.13. The SMILES string of the molecule is CNc1nccnc1C1CN(C(=O)c2ccc(COC)cc2)CCO1. The van der Waals surface area contributed by atoms with Gasteiger partial charge < -0.3 is 19.7 Å². The summed E-state index contributed by atoms with van der Waals surface area (Å²) < 4.78 is 10.9. The molecule has 1 aliphatic rings. The van der Waals surface area contributed by atoms with Gasteiger partial charge in [0.1, 0.15) is 17.6 Å². The second-order valence-corrected chi connectivity index (χ2v) is 5.78. The Morgan fingerprint density at radius 1 is 1.32 bits per heavy atom. The van der Waals surface area contributed by atoms with Crippen molar-refractivity contribution in [2.75, 3.05) is 39.2 Å². The maximum absolute atomic E-state index is 12.8. The van der Waals surface area contributed by atoms with Gasteiger partial charge in [0.05, 0.1) is 19.8 Å². The Bertz CT molecular complexity index is 721. The molecule has 0 spiro atoms. The van der Waals surface area contributed by atoms with Crippen LogP contribution >= 0.6 is 0 Å². The largest absolute Gasteiger partial charge is 0.380 e. The topological polar surface area (TPSA) is 76.6 Å². The number of benzene rings is 1. The maximum Gasteiger partial charge on any atom is 0.254 e. The molecule has 132 valence electrons. The number of amides is 1. The van der Waals surface area contributed by atoms with Gasteiger partial charge in [-0.25, -0.2) is 4.98 Å². The van der Waals surface area contributed by atoms with E-state index in [4.69, 9.17) is 9.47 Å². The van der Waals surface area contributed by atoms with Gasteiger partial charge in [0.25, 0.3) is 5.91 Å². The van der Waals surface area contributed by atoms with Crippen molar-refractivity contribution in [1.82, 2.24) is 14.9 Å². The highest BCUT2D eigenvalue weighted by Crippen LogP contribution is 2.25. The van der Waals surface area contributed by atoms with Gasteiger partial charge in [0.15, 0.2) is 0 Å². The number of aromatic nitrogens is 2. The number of morpholine rings is 1. The summed E-state index contributed by atoms with van der Waals surface area (Å²) in [4.78, 5) is 23.2. The van der Waals surface area contributed by atoms with Gasteiger partial charge in [0.2, 0.25) is 0 Å². The fourth-order valence-corrected chi connectivity index (χ4v) is 2.87. The summed E-state index contributed by atoms with van der Waals surface area (Å²) in [5, 5.41) is 3.02. The number of hydrogen-bond donors (Lipinski definition) is 1. The summed E-state index contributed by atoms with van der Waals surface area (Å²) in [6.45, 7) is 2.02. The van der Waals surface area contributed by atoms with Crippen LogP contribution in [0.3, 0.4) is 0 Å². The molecule has 1 aromatic carbocycles. The van der Waals surface area contributed by atoms with Crippen molar-refractivity contribution in [2.24, 2.45) is 0 Å². The quantitative estimate of drug-likeness (QED) is 0.894. The van der Waals surface area contributed by atoms with Gasteiger partial charge in [-0.3, -0.25) is 9.78 Å². The van der Waals surface area contributed by atoms with Crippen molar-refractivity contribution in [1.29, 1.82) is 0 Å². The Morgan fingerprint density at radius 2 is 2.08 bits per heavy atom. The molecule has 1 aliphatic heterocycles. The van der Waals surface area contributed by atoms with Gasteiger partial charge in [-0.1, -0.05) is 12.1 Å². The fraction of sp³-hybridized carbons (Fsp3) is 0.389. The van der Waals surface area contributed by atoms with Crippen LogP contribution in [0, 0.1) is 0 Å². The molecule has 7 heteroatoms. The average Bonchev–Trinajstić information content (AvgIpc) is 2.68.